The Labute approximate surface area is 301 Å². The summed E-state index contributed by atoms with van der Waals surface area (Å²) in [5.74, 6) is -0.352. The highest BCUT2D eigenvalue weighted by Crippen LogP contribution is 2.39. The van der Waals surface area contributed by atoms with Gasteiger partial charge in [-0.05, 0) is 46.9 Å². The van der Waals surface area contributed by atoms with Crippen molar-refractivity contribution in [1.29, 1.82) is 5.41 Å². The number of carboxylic acids is 1. The summed E-state index contributed by atoms with van der Waals surface area (Å²) in [7, 11) is 1.56. The van der Waals surface area contributed by atoms with Gasteiger partial charge in [-0.25, -0.2) is 0 Å². The number of methoxy groups -OCH3 is 1. The van der Waals surface area contributed by atoms with E-state index in [0.29, 0.717) is 47.4 Å². The molecule has 1 heterocycles. The van der Waals surface area contributed by atoms with Crippen molar-refractivity contribution in [2.45, 2.75) is 51.0 Å². The second-order valence-corrected chi connectivity index (χ2v) is 13.0. The third-order valence-corrected chi connectivity index (χ3v) is 9.39. The zero-order valence-corrected chi connectivity index (χ0v) is 29.2. The minimum atomic E-state index is -1.06. The maximum Gasteiger partial charge on any atom is 0.306 e. The van der Waals surface area contributed by atoms with E-state index in [2.05, 4.69) is 45.5 Å². The van der Waals surface area contributed by atoms with E-state index in [-0.39, 0.29) is 24.9 Å². The molecular weight excluding hydrogens is 677 g/mol. The lowest BCUT2D eigenvalue weighted by Crippen LogP contribution is -2.35. The first-order valence-electron chi connectivity index (χ1n) is 16.4. The average molecular weight is 719 g/mol. The van der Waals surface area contributed by atoms with E-state index in [1.54, 1.807) is 13.2 Å². The number of ether oxygens (including phenoxy) is 1. The van der Waals surface area contributed by atoms with Gasteiger partial charge >= 0.3 is 5.97 Å². The number of aliphatic hydroxyl groups excluding tert-OH is 1. The van der Waals surface area contributed by atoms with Crippen LogP contribution in [-0.2, 0) is 29.2 Å². The molecule has 0 unspecified atom stereocenters. The van der Waals surface area contributed by atoms with Crippen LogP contribution in [0.1, 0.15) is 41.5 Å². The quantitative estimate of drug-likeness (QED) is 0.0634. The van der Waals surface area contributed by atoms with Gasteiger partial charge in [-0.2, -0.15) is 0 Å². The molecule has 0 aromatic heterocycles. The van der Waals surface area contributed by atoms with Gasteiger partial charge in [-0.1, -0.05) is 77.8 Å². The second-order valence-electron chi connectivity index (χ2n) is 12.2. The maximum atomic E-state index is 11.4. The van der Waals surface area contributed by atoms with Crippen molar-refractivity contribution in [3.8, 4) is 28.0 Å². The number of aliphatic hydroxyl groups is 1. The van der Waals surface area contributed by atoms with E-state index in [0.717, 1.165) is 57.6 Å². The molecule has 7 N–H and O–H groups in total. The number of benzene rings is 4. The summed E-state index contributed by atoms with van der Waals surface area (Å²) in [6, 6.07) is 23.7. The molecule has 50 heavy (non-hydrogen) atoms. The number of rotatable bonds is 17. The van der Waals surface area contributed by atoms with Gasteiger partial charge in [0.05, 0.1) is 24.7 Å². The van der Waals surface area contributed by atoms with Crippen molar-refractivity contribution >= 4 is 47.0 Å². The van der Waals surface area contributed by atoms with Crippen molar-refractivity contribution in [2.75, 3.05) is 25.5 Å². The Kier molecular flexibility index (Phi) is 12.9. The van der Waals surface area contributed by atoms with Crippen LogP contribution in [0.25, 0.3) is 22.3 Å². The molecule has 0 spiro atoms. The van der Waals surface area contributed by atoms with Crippen LogP contribution in [0, 0.1) is 5.41 Å². The topological polar surface area (TPSA) is 156 Å². The first-order valence-corrected chi connectivity index (χ1v) is 17.1. The molecule has 12 heteroatoms. The van der Waals surface area contributed by atoms with Crippen molar-refractivity contribution in [3.05, 3.63) is 105 Å². The van der Waals surface area contributed by atoms with Gasteiger partial charge < -0.3 is 41.6 Å². The van der Waals surface area contributed by atoms with E-state index < -0.39 is 12.1 Å². The van der Waals surface area contributed by atoms with Crippen LogP contribution >= 0.6 is 23.2 Å². The maximum absolute atomic E-state index is 11.4. The smallest absolute Gasteiger partial charge is 0.306 e. The number of hydrogen-bond donors (Lipinski definition) is 7. The summed E-state index contributed by atoms with van der Waals surface area (Å²) in [6.07, 6.45) is 1.42. The molecule has 0 aliphatic carbocycles. The predicted octanol–water partition coefficient (Wildman–Crippen LogP) is 6.24. The molecule has 4 aromatic carbocycles. The zero-order chi connectivity index (χ0) is 35.6. The predicted molar refractivity (Wildman–Crippen MR) is 198 cm³/mol. The number of amides is 1. The number of hydrogen-bond acceptors (Lipinski definition) is 8. The molecule has 1 aliphatic heterocycles. The number of anilines is 1. The summed E-state index contributed by atoms with van der Waals surface area (Å²) < 4.78 is 5.59. The zero-order valence-electron chi connectivity index (χ0n) is 27.7. The van der Waals surface area contributed by atoms with Gasteiger partial charge in [-0.15, -0.1) is 0 Å². The normalized spacial score (nSPS) is 14.6. The molecule has 1 fully saturated rings. The Morgan fingerprint density at radius 3 is 2.44 bits per heavy atom. The molecule has 5 rings (SSSR count). The SMILES string of the molecule is COc1cc(CNc2cccc(-c3cccc(-c4ccc(CNC[C@@H]5CCC(=O)N5)cc4)c3Cl)c2C=N)c(Cl)cc1CNC[C@H](O)CC(=O)O. The summed E-state index contributed by atoms with van der Waals surface area (Å²) in [6.45, 7) is 2.23. The lowest BCUT2D eigenvalue weighted by Gasteiger charge is -2.18. The molecule has 262 valence electrons. The molecule has 10 nitrogen and oxygen atoms in total. The minimum absolute atomic E-state index is 0.111. The third kappa shape index (κ3) is 9.41. The first-order chi connectivity index (χ1) is 24.2. The van der Waals surface area contributed by atoms with Crippen LogP contribution in [-0.4, -0.2) is 60.6 Å². The van der Waals surface area contributed by atoms with Crippen molar-refractivity contribution in [1.82, 2.24) is 16.0 Å². The molecule has 1 saturated heterocycles. The fourth-order valence-corrected chi connectivity index (χ4v) is 6.62. The van der Waals surface area contributed by atoms with Gasteiger partial charge in [0.15, 0.2) is 0 Å². The number of carboxylic acid groups (broad SMARTS) is 1. The Balaban J connectivity index is 1.28. The van der Waals surface area contributed by atoms with Gasteiger partial charge in [0.25, 0.3) is 0 Å². The molecular formula is C38H41Cl2N5O5. The Morgan fingerprint density at radius 2 is 1.74 bits per heavy atom. The summed E-state index contributed by atoms with van der Waals surface area (Å²) in [5.41, 5.74) is 7.58. The molecule has 0 radical (unpaired) electrons. The number of carbonyl (C=O) groups excluding carboxylic acids is 1. The van der Waals surface area contributed by atoms with E-state index in [4.69, 9.17) is 38.5 Å². The van der Waals surface area contributed by atoms with Crippen LogP contribution in [0.2, 0.25) is 10.0 Å². The number of nitrogens with one attached hydrogen (secondary N) is 5. The van der Waals surface area contributed by atoms with Crippen LogP contribution in [0.15, 0.2) is 72.8 Å². The second kappa shape index (κ2) is 17.5. The van der Waals surface area contributed by atoms with Crippen molar-refractivity contribution in [3.63, 3.8) is 0 Å². The highest BCUT2D eigenvalue weighted by molar-refractivity contribution is 6.36. The number of carbonyl (C=O) groups is 2. The molecule has 1 aliphatic rings. The fraction of sp³-hybridized carbons (Fsp3) is 0.289. The summed E-state index contributed by atoms with van der Waals surface area (Å²) in [4.78, 5) is 22.3. The molecule has 1 amide bonds. The fourth-order valence-electron chi connectivity index (χ4n) is 6.03. The first kappa shape index (κ1) is 36.8. The van der Waals surface area contributed by atoms with Gasteiger partial charge in [0.2, 0.25) is 5.91 Å². The number of aliphatic carboxylic acids is 1. The minimum Gasteiger partial charge on any atom is -0.496 e. The average Bonchev–Trinajstić information content (AvgIpc) is 3.52. The monoisotopic (exact) mass is 717 g/mol. The van der Waals surface area contributed by atoms with E-state index in [1.165, 1.54) is 6.21 Å². The van der Waals surface area contributed by atoms with E-state index >= 15 is 0 Å². The lowest BCUT2D eigenvalue weighted by molar-refractivity contribution is -0.139. The molecule has 2 atom stereocenters. The van der Waals surface area contributed by atoms with Crippen molar-refractivity contribution in [2.24, 2.45) is 0 Å². The Bertz CT molecular complexity index is 1840. The van der Waals surface area contributed by atoms with Crippen LogP contribution < -0.4 is 26.0 Å². The molecule has 4 aromatic rings. The lowest BCUT2D eigenvalue weighted by atomic mass is 9.94. The van der Waals surface area contributed by atoms with Gasteiger partial charge in [-0.3, -0.25) is 9.59 Å². The molecule has 0 saturated carbocycles. The van der Waals surface area contributed by atoms with E-state index in [9.17, 15) is 14.7 Å². The molecule has 0 bridgehead atoms. The Hall–Kier alpha value is -4.45. The van der Waals surface area contributed by atoms with Crippen LogP contribution in [0.5, 0.6) is 5.75 Å². The number of halogens is 2. The van der Waals surface area contributed by atoms with E-state index in [1.807, 2.05) is 42.5 Å². The van der Waals surface area contributed by atoms with Gasteiger partial charge in [0.1, 0.15) is 5.75 Å². The third-order valence-electron chi connectivity index (χ3n) is 8.63. The Morgan fingerprint density at radius 1 is 1.00 bits per heavy atom. The van der Waals surface area contributed by atoms with Gasteiger partial charge in [0, 0.05) is 84.4 Å². The highest BCUT2D eigenvalue weighted by Gasteiger charge is 2.20. The van der Waals surface area contributed by atoms with Crippen LogP contribution in [0.3, 0.4) is 0 Å². The summed E-state index contributed by atoms with van der Waals surface area (Å²) >= 11 is 13.7. The largest absolute Gasteiger partial charge is 0.496 e. The summed E-state index contributed by atoms with van der Waals surface area (Å²) in [5, 5.41) is 41.0. The standard InChI is InChI=1S/C38H41Cl2N5O5/c1-50-35-15-25(33(39)14-26(35)19-43-22-28(46)16-37(48)49)20-44-34-7-3-5-30(32(34)17-41)31-6-2-4-29(38(31)40)24-10-8-23(9-11-24)18-42-21-27-12-13-36(47)45-27/h2-11,14-15,17,27-28,41-44,46H,12-13,16,18-22H2,1H3,(H,45,47)(H,48,49)/t27-,28+/m0/s1. The highest BCUT2D eigenvalue weighted by atomic mass is 35.5. The van der Waals surface area contributed by atoms with Crippen LogP contribution in [0.4, 0.5) is 5.69 Å². The van der Waals surface area contributed by atoms with Crippen molar-refractivity contribution < 1.29 is 24.5 Å².